The lowest BCUT2D eigenvalue weighted by Crippen LogP contribution is -2.46. The molecule has 0 saturated heterocycles. The highest BCUT2D eigenvalue weighted by Crippen LogP contribution is 2.35. The summed E-state index contributed by atoms with van der Waals surface area (Å²) in [6.07, 6.45) is -0.0421. The number of benzene rings is 1. The average Bonchev–Trinajstić information content (AvgIpc) is 2.83. The second-order valence-electron chi connectivity index (χ2n) is 4.33. The minimum atomic E-state index is -0.0421. The zero-order valence-electron chi connectivity index (χ0n) is 9.68. The SMILES string of the molecule is CN1CC(C2=NCCN2)Oc2ccc(O)cc21. The normalized spacial score (nSPS) is 22.5. The van der Waals surface area contributed by atoms with Crippen LogP contribution in [-0.4, -0.2) is 43.7 Å². The fourth-order valence-corrected chi connectivity index (χ4v) is 2.22. The summed E-state index contributed by atoms with van der Waals surface area (Å²) >= 11 is 0. The highest BCUT2D eigenvalue weighted by atomic mass is 16.5. The van der Waals surface area contributed by atoms with Crippen LogP contribution in [0.25, 0.3) is 0 Å². The molecule has 0 aromatic heterocycles. The zero-order valence-corrected chi connectivity index (χ0v) is 9.68. The molecule has 1 aromatic rings. The number of rotatable bonds is 1. The number of hydrogen-bond acceptors (Lipinski definition) is 5. The molecule has 1 atom stereocenters. The molecule has 2 aliphatic heterocycles. The van der Waals surface area contributed by atoms with E-state index in [9.17, 15) is 5.11 Å². The third-order valence-corrected chi connectivity index (χ3v) is 3.07. The summed E-state index contributed by atoms with van der Waals surface area (Å²) in [5.74, 6) is 1.97. The number of fused-ring (bicyclic) bond motifs is 1. The molecule has 0 spiro atoms. The molecule has 0 bridgehead atoms. The molecule has 0 aliphatic carbocycles. The molecule has 5 nitrogen and oxygen atoms in total. The highest BCUT2D eigenvalue weighted by Gasteiger charge is 2.28. The molecule has 1 unspecified atom stereocenters. The predicted octanol–water partition coefficient (Wildman–Crippen LogP) is 0.591. The van der Waals surface area contributed by atoms with Crippen molar-refractivity contribution in [1.29, 1.82) is 0 Å². The Balaban J connectivity index is 1.90. The minimum Gasteiger partial charge on any atom is -0.508 e. The first-order chi connectivity index (χ1) is 8.24. The Kier molecular flexibility index (Phi) is 2.31. The van der Waals surface area contributed by atoms with Crippen LogP contribution in [0.2, 0.25) is 0 Å². The van der Waals surface area contributed by atoms with Crippen molar-refractivity contribution >= 4 is 11.5 Å². The topological polar surface area (TPSA) is 57.1 Å². The molecule has 0 saturated carbocycles. The second kappa shape index (κ2) is 3.84. The third kappa shape index (κ3) is 1.77. The Labute approximate surface area is 99.7 Å². The lowest BCUT2D eigenvalue weighted by Gasteiger charge is -2.33. The van der Waals surface area contributed by atoms with Crippen LogP contribution in [0.4, 0.5) is 5.69 Å². The summed E-state index contributed by atoms with van der Waals surface area (Å²) in [6.45, 7) is 2.45. The quantitative estimate of drug-likeness (QED) is 0.745. The number of likely N-dealkylation sites (N-methyl/N-ethyl adjacent to an activating group) is 1. The van der Waals surface area contributed by atoms with Crippen LogP contribution >= 0.6 is 0 Å². The van der Waals surface area contributed by atoms with Crippen molar-refractivity contribution in [1.82, 2.24) is 5.32 Å². The number of nitrogens with one attached hydrogen (secondary N) is 1. The maximum atomic E-state index is 9.47. The van der Waals surface area contributed by atoms with E-state index in [1.165, 1.54) is 0 Å². The van der Waals surface area contributed by atoms with Crippen LogP contribution < -0.4 is 15.0 Å². The lowest BCUT2D eigenvalue weighted by atomic mass is 10.2. The Morgan fingerprint density at radius 1 is 1.53 bits per heavy atom. The van der Waals surface area contributed by atoms with Gasteiger partial charge in [-0.3, -0.25) is 4.99 Å². The van der Waals surface area contributed by atoms with Crippen molar-refractivity contribution in [2.45, 2.75) is 6.10 Å². The molecule has 2 aliphatic rings. The van der Waals surface area contributed by atoms with E-state index in [0.29, 0.717) is 0 Å². The monoisotopic (exact) mass is 233 g/mol. The zero-order chi connectivity index (χ0) is 11.8. The molecule has 2 heterocycles. The van der Waals surface area contributed by atoms with E-state index >= 15 is 0 Å². The first kappa shape index (κ1) is 10.3. The second-order valence-corrected chi connectivity index (χ2v) is 4.33. The number of anilines is 1. The summed E-state index contributed by atoms with van der Waals surface area (Å²) in [5, 5.41) is 12.7. The van der Waals surface area contributed by atoms with E-state index in [1.54, 1.807) is 18.2 Å². The predicted molar refractivity (Wildman–Crippen MR) is 66.1 cm³/mol. The van der Waals surface area contributed by atoms with Gasteiger partial charge >= 0.3 is 0 Å². The number of aromatic hydroxyl groups is 1. The van der Waals surface area contributed by atoms with Crippen molar-refractivity contribution < 1.29 is 9.84 Å². The van der Waals surface area contributed by atoms with Crippen LogP contribution in [0, 0.1) is 0 Å². The maximum absolute atomic E-state index is 9.47. The summed E-state index contributed by atoms with van der Waals surface area (Å²) in [6, 6.07) is 5.15. The molecule has 0 radical (unpaired) electrons. The molecule has 90 valence electrons. The van der Waals surface area contributed by atoms with Gasteiger partial charge in [0.25, 0.3) is 0 Å². The number of phenols is 1. The van der Waals surface area contributed by atoms with E-state index in [0.717, 1.165) is 36.9 Å². The van der Waals surface area contributed by atoms with Gasteiger partial charge in [0.15, 0.2) is 6.10 Å². The number of nitrogens with zero attached hydrogens (tertiary/aromatic N) is 2. The standard InChI is InChI=1S/C12H15N3O2/c1-15-7-11(12-13-4-5-14-12)17-10-3-2-8(16)6-9(10)15/h2-3,6,11,16H,4-5,7H2,1H3,(H,13,14). The van der Waals surface area contributed by atoms with E-state index in [1.807, 2.05) is 7.05 Å². The number of amidine groups is 1. The lowest BCUT2D eigenvalue weighted by molar-refractivity contribution is 0.255. The van der Waals surface area contributed by atoms with E-state index in [-0.39, 0.29) is 11.9 Å². The number of hydrogen-bond donors (Lipinski definition) is 2. The largest absolute Gasteiger partial charge is 0.508 e. The van der Waals surface area contributed by atoms with Gasteiger partial charge in [-0.25, -0.2) is 0 Å². The van der Waals surface area contributed by atoms with Crippen molar-refractivity contribution in [2.24, 2.45) is 4.99 Å². The maximum Gasteiger partial charge on any atom is 0.173 e. The van der Waals surface area contributed by atoms with Gasteiger partial charge in [-0.15, -0.1) is 0 Å². The van der Waals surface area contributed by atoms with Gasteiger partial charge in [0.2, 0.25) is 0 Å². The van der Waals surface area contributed by atoms with Crippen LogP contribution in [-0.2, 0) is 0 Å². The molecular formula is C12H15N3O2. The molecule has 3 rings (SSSR count). The van der Waals surface area contributed by atoms with Gasteiger partial charge < -0.3 is 20.1 Å². The number of ether oxygens (including phenoxy) is 1. The van der Waals surface area contributed by atoms with Gasteiger partial charge in [-0.05, 0) is 12.1 Å². The van der Waals surface area contributed by atoms with Gasteiger partial charge in [0.1, 0.15) is 17.3 Å². The van der Waals surface area contributed by atoms with E-state index in [4.69, 9.17) is 4.74 Å². The van der Waals surface area contributed by atoms with Gasteiger partial charge in [-0.2, -0.15) is 0 Å². The fourth-order valence-electron chi connectivity index (χ4n) is 2.22. The summed E-state index contributed by atoms with van der Waals surface area (Å²) in [7, 11) is 1.99. The average molecular weight is 233 g/mol. The first-order valence-electron chi connectivity index (χ1n) is 5.73. The molecular weight excluding hydrogens is 218 g/mol. The molecule has 1 aromatic carbocycles. The van der Waals surface area contributed by atoms with Crippen molar-refractivity contribution in [3.63, 3.8) is 0 Å². The van der Waals surface area contributed by atoms with E-state index < -0.39 is 0 Å². The molecule has 5 heteroatoms. The van der Waals surface area contributed by atoms with Crippen LogP contribution in [0.15, 0.2) is 23.2 Å². The Morgan fingerprint density at radius 2 is 2.41 bits per heavy atom. The Bertz CT molecular complexity index is 473. The molecule has 0 amide bonds. The molecule has 2 N–H and O–H groups in total. The van der Waals surface area contributed by atoms with Crippen molar-refractivity contribution in [2.75, 3.05) is 31.6 Å². The number of aliphatic imine (C=N–C) groups is 1. The van der Waals surface area contributed by atoms with Gasteiger partial charge in [0.05, 0.1) is 18.8 Å². The Hall–Kier alpha value is -1.91. The first-order valence-corrected chi connectivity index (χ1v) is 5.73. The fraction of sp³-hybridized carbons (Fsp3) is 0.417. The smallest absolute Gasteiger partial charge is 0.173 e. The van der Waals surface area contributed by atoms with Crippen molar-refractivity contribution in [3.05, 3.63) is 18.2 Å². The molecule has 17 heavy (non-hydrogen) atoms. The van der Waals surface area contributed by atoms with E-state index in [2.05, 4.69) is 15.2 Å². The van der Waals surface area contributed by atoms with Crippen LogP contribution in [0.1, 0.15) is 0 Å². The third-order valence-electron chi connectivity index (χ3n) is 3.07. The highest BCUT2D eigenvalue weighted by molar-refractivity contribution is 5.89. The molecule has 0 fully saturated rings. The van der Waals surface area contributed by atoms with Gasteiger partial charge in [-0.1, -0.05) is 0 Å². The summed E-state index contributed by atoms with van der Waals surface area (Å²) in [5.41, 5.74) is 0.917. The Morgan fingerprint density at radius 3 is 3.18 bits per heavy atom. The minimum absolute atomic E-state index is 0.0421. The van der Waals surface area contributed by atoms with Crippen molar-refractivity contribution in [3.8, 4) is 11.5 Å². The summed E-state index contributed by atoms with van der Waals surface area (Å²) < 4.78 is 5.90. The van der Waals surface area contributed by atoms with Crippen LogP contribution in [0.5, 0.6) is 11.5 Å². The summed E-state index contributed by atoms with van der Waals surface area (Å²) in [4.78, 5) is 6.46. The number of phenolic OH excluding ortho intramolecular Hbond substituents is 1. The van der Waals surface area contributed by atoms with Gasteiger partial charge in [0, 0.05) is 19.7 Å². The van der Waals surface area contributed by atoms with Crippen LogP contribution in [0.3, 0.4) is 0 Å².